The Bertz CT molecular complexity index is 1130. The predicted molar refractivity (Wildman–Crippen MR) is 130 cm³/mol. The first kappa shape index (κ1) is 25.5. The molecule has 2 aromatic rings. The van der Waals surface area contributed by atoms with Crippen molar-refractivity contribution in [3.8, 4) is 0 Å². The average Bonchev–Trinajstić information content (AvgIpc) is 3.26. The number of aromatic nitrogens is 1. The van der Waals surface area contributed by atoms with Gasteiger partial charge in [0.2, 0.25) is 0 Å². The lowest BCUT2D eigenvalue weighted by molar-refractivity contribution is -0.140. The number of esters is 1. The van der Waals surface area contributed by atoms with Crippen molar-refractivity contribution in [1.82, 2.24) is 14.8 Å². The second-order valence-corrected chi connectivity index (χ2v) is 8.62. The number of rotatable bonds is 8. The molecule has 3 rings (SSSR count). The fourth-order valence-corrected chi connectivity index (χ4v) is 4.56. The number of nitrogens with zero attached hydrogens (tertiary/aromatic N) is 2. The molecule has 0 spiro atoms. The summed E-state index contributed by atoms with van der Waals surface area (Å²) in [7, 11) is 1.26. The molecule has 1 aromatic carbocycles. The Kier molecular flexibility index (Phi) is 7.84. The second kappa shape index (κ2) is 10.4. The number of carbonyl (C=O) groups excluding carboxylic acids is 3. The van der Waals surface area contributed by atoms with Crippen LogP contribution in [0.3, 0.4) is 0 Å². The first-order valence-electron chi connectivity index (χ1n) is 11.2. The second-order valence-electron chi connectivity index (χ2n) is 8.19. The molecule has 0 unspecified atom stereocenters. The number of hydrogen-bond acceptors (Lipinski definition) is 6. The molecule has 2 heterocycles. The van der Waals surface area contributed by atoms with E-state index in [0.29, 0.717) is 40.5 Å². The largest absolute Gasteiger partial charge is 0.507 e. The minimum absolute atomic E-state index is 0.0199. The molecule has 1 saturated heterocycles. The zero-order chi connectivity index (χ0) is 25.2. The number of ketones is 1. The number of Topliss-reactive ketones (excluding diaryl/α,β-unsaturated/α-hetero) is 1. The number of likely N-dealkylation sites (N-methyl/N-ethyl adjacent to an activating group) is 1. The molecule has 0 saturated carbocycles. The SMILES string of the molecule is CCN(CC)CCN1C(=O)C(=O)C(=C(O)c2c(C)[nH]c(C(=O)OC)c2C)[C@@H]1c1ccc(Cl)cc1. The summed E-state index contributed by atoms with van der Waals surface area (Å²) >= 11 is 6.07. The van der Waals surface area contributed by atoms with Gasteiger partial charge in [0.15, 0.2) is 0 Å². The van der Waals surface area contributed by atoms with Crippen molar-refractivity contribution in [3.05, 3.63) is 62.9 Å². The third-order valence-corrected chi connectivity index (χ3v) is 6.59. The van der Waals surface area contributed by atoms with E-state index in [4.69, 9.17) is 16.3 Å². The molecular weight excluding hydrogens is 458 g/mol. The molecule has 2 N–H and O–H groups in total. The topological polar surface area (TPSA) is 103 Å². The van der Waals surface area contributed by atoms with Gasteiger partial charge in [0.1, 0.15) is 11.5 Å². The van der Waals surface area contributed by atoms with E-state index >= 15 is 0 Å². The van der Waals surface area contributed by atoms with Gasteiger partial charge in [0.05, 0.1) is 18.7 Å². The van der Waals surface area contributed by atoms with E-state index in [1.165, 1.54) is 12.0 Å². The number of ether oxygens (including phenoxy) is 1. The van der Waals surface area contributed by atoms with Gasteiger partial charge in [-0.2, -0.15) is 0 Å². The van der Waals surface area contributed by atoms with Gasteiger partial charge in [0.25, 0.3) is 11.7 Å². The lowest BCUT2D eigenvalue weighted by Gasteiger charge is -2.28. The lowest BCUT2D eigenvalue weighted by atomic mass is 9.94. The summed E-state index contributed by atoms with van der Waals surface area (Å²) in [5.74, 6) is -2.36. The summed E-state index contributed by atoms with van der Waals surface area (Å²) in [6.45, 7) is 9.91. The van der Waals surface area contributed by atoms with E-state index in [-0.39, 0.29) is 17.0 Å². The molecule has 0 bridgehead atoms. The monoisotopic (exact) mass is 487 g/mol. The molecule has 1 aliphatic rings. The highest BCUT2D eigenvalue weighted by Gasteiger charge is 2.46. The maximum absolute atomic E-state index is 13.2. The van der Waals surface area contributed by atoms with Crippen LogP contribution in [0.25, 0.3) is 5.76 Å². The average molecular weight is 488 g/mol. The zero-order valence-corrected chi connectivity index (χ0v) is 20.8. The van der Waals surface area contributed by atoms with E-state index in [1.807, 2.05) is 13.8 Å². The number of aromatic amines is 1. The van der Waals surface area contributed by atoms with Crippen LogP contribution in [0.4, 0.5) is 0 Å². The molecule has 1 atom stereocenters. The Labute approximate surface area is 204 Å². The highest BCUT2D eigenvalue weighted by molar-refractivity contribution is 6.46. The summed E-state index contributed by atoms with van der Waals surface area (Å²) < 4.78 is 4.81. The standard InChI is InChI=1S/C25H30ClN3O5/c1-6-28(7-2)12-13-29-21(16-8-10-17(26)11-9-16)19(23(31)24(29)32)22(30)18-14(3)20(25(33)34-5)27-15(18)4/h8-11,21,27,30H,6-7,12-13H2,1-5H3/t21-/m0/s1. The van der Waals surface area contributed by atoms with Crippen molar-refractivity contribution in [2.24, 2.45) is 0 Å². The summed E-state index contributed by atoms with van der Waals surface area (Å²) in [6, 6.07) is 6.07. The molecule has 8 nitrogen and oxygen atoms in total. The van der Waals surface area contributed by atoms with Crippen LogP contribution < -0.4 is 0 Å². The first-order chi connectivity index (χ1) is 16.2. The van der Waals surface area contributed by atoms with Crippen LogP contribution in [-0.4, -0.2) is 70.8 Å². The number of aryl methyl sites for hydroxylation is 1. The number of amides is 1. The van der Waals surface area contributed by atoms with E-state index in [2.05, 4.69) is 9.88 Å². The smallest absolute Gasteiger partial charge is 0.354 e. The van der Waals surface area contributed by atoms with E-state index in [1.54, 1.807) is 38.1 Å². The maximum atomic E-state index is 13.2. The summed E-state index contributed by atoms with van der Waals surface area (Å²) in [4.78, 5) is 45.1. The molecule has 182 valence electrons. The third-order valence-electron chi connectivity index (χ3n) is 6.34. The quantitative estimate of drug-likeness (QED) is 0.254. The van der Waals surface area contributed by atoms with Crippen LogP contribution in [0.5, 0.6) is 0 Å². The summed E-state index contributed by atoms with van der Waals surface area (Å²) in [5, 5.41) is 11.9. The molecule has 1 aromatic heterocycles. The van der Waals surface area contributed by atoms with Crippen molar-refractivity contribution in [1.29, 1.82) is 0 Å². The van der Waals surface area contributed by atoms with Gasteiger partial charge in [-0.1, -0.05) is 37.6 Å². The molecule has 1 fully saturated rings. The van der Waals surface area contributed by atoms with Crippen LogP contribution in [0, 0.1) is 13.8 Å². The minimum atomic E-state index is -0.789. The summed E-state index contributed by atoms with van der Waals surface area (Å²) in [5.41, 5.74) is 2.05. The van der Waals surface area contributed by atoms with Crippen LogP contribution in [0.15, 0.2) is 29.8 Å². The van der Waals surface area contributed by atoms with E-state index in [0.717, 1.165) is 13.1 Å². The van der Waals surface area contributed by atoms with Crippen molar-refractivity contribution in [2.45, 2.75) is 33.7 Å². The molecule has 1 aliphatic heterocycles. The van der Waals surface area contributed by atoms with Crippen LogP contribution in [-0.2, 0) is 14.3 Å². The molecular formula is C25H30ClN3O5. The number of nitrogens with one attached hydrogen (secondary N) is 1. The van der Waals surface area contributed by atoms with Crippen molar-refractivity contribution in [2.75, 3.05) is 33.3 Å². The number of methoxy groups -OCH3 is 1. The molecule has 9 heteroatoms. The zero-order valence-electron chi connectivity index (χ0n) is 20.1. The highest BCUT2D eigenvalue weighted by Crippen LogP contribution is 2.41. The maximum Gasteiger partial charge on any atom is 0.354 e. The minimum Gasteiger partial charge on any atom is -0.507 e. The van der Waals surface area contributed by atoms with Gasteiger partial charge in [-0.05, 0) is 50.2 Å². The Morgan fingerprint density at radius 3 is 2.35 bits per heavy atom. The fourth-order valence-electron chi connectivity index (χ4n) is 4.44. The number of aliphatic hydroxyl groups excluding tert-OH is 1. The van der Waals surface area contributed by atoms with E-state index in [9.17, 15) is 19.5 Å². The Hall–Kier alpha value is -3.10. The lowest BCUT2D eigenvalue weighted by Crippen LogP contribution is -2.38. The Morgan fingerprint density at radius 2 is 1.79 bits per heavy atom. The van der Waals surface area contributed by atoms with Crippen LogP contribution in [0.1, 0.15) is 52.8 Å². The Balaban J connectivity index is 2.17. The number of halogens is 1. The van der Waals surface area contributed by atoms with Crippen LogP contribution >= 0.6 is 11.6 Å². The highest BCUT2D eigenvalue weighted by atomic mass is 35.5. The molecule has 34 heavy (non-hydrogen) atoms. The number of carbonyl (C=O) groups is 3. The summed E-state index contributed by atoms with van der Waals surface area (Å²) in [6.07, 6.45) is 0. The first-order valence-corrected chi connectivity index (χ1v) is 11.6. The predicted octanol–water partition coefficient (Wildman–Crippen LogP) is 3.84. The van der Waals surface area contributed by atoms with Crippen molar-refractivity contribution < 1.29 is 24.2 Å². The van der Waals surface area contributed by atoms with Gasteiger partial charge in [-0.15, -0.1) is 0 Å². The van der Waals surface area contributed by atoms with Gasteiger partial charge in [-0.25, -0.2) is 4.79 Å². The molecule has 1 amide bonds. The number of benzene rings is 1. The molecule has 0 aliphatic carbocycles. The van der Waals surface area contributed by atoms with Gasteiger partial charge in [0, 0.05) is 29.4 Å². The van der Waals surface area contributed by atoms with Crippen molar-refractivity contribution >= 4 is 35.0 Å². The van der Waals surface area contributed by atoms with Gasteiger partial charge < -0.3 is 24.6 Å². The molecule has 0 radical (unpaired) electrons. The van der Waals surface area contributed by atoms with Crippen LogP contribution in [0.2, 0.25) is 5.02 Å². The van der Waals surface area contributed by atoms with Gasteiger partial charge in [-0.3, -0.25) is 9.59 Å². The number of H-pyrrole nitrogens is 1. The van der Waals surface area contributed by atoms with Crippen molar-refractivity contribution in [3.63, 3.8) is 0 Å². The number of aliphatic hydroxyl groups is 1. The normalized spacial score (nSPS) is 17.6. The van der Waals surface area contributed by atoms with E-state index < -0.39 is 23.7 Å². The van der Waals surface area contributed by atoms with Gasteiger partial charge >= 0.3 is 5.97 Å². The number of hydrogen-bond donors (Lipinski definition) is 2. The Morgan fingerprint density at radius 1 is 1.18 bits per heavy atom. The third kappa shape index (κ3) is 4.60. The number of likely N-dealkylation sites (tertiary alicyclic amines) is 1. The fraction of sp³-hybridized carbons (Fsp3) is 0.400.